The van der Waals surface area contributed by atoms with Crippen molar-refractivity contribution in [3.8, 4) is 0 Å². The maximum Gasteiger partial charge on any atom is 0.0896 e. The van der Waals surface area contributed by atoms with Crippen LogP contribution >= 0.6 is 54.8 Å². The first kappa shape index (κ1) is 15.5. The maximum absolute atomic E-state index is 5.98. The lowest BCUT2D eigenvalue weighted by molar-refractivity contribution is 0.555. The second kappa shape index (κ2) is 6.70. The van der Waals surface area contributed by atoms with Gasteiger partial charge in [-0.15, -0.1) is 11.3 Å². The molecule has 1 nitrogen and oxygen atoms in total. The third-order valence-electron chi connectivity index (χ3n) is 3.15. The van der Waals surface area contributed by atoms with E-state index < -0.39 is 0 Å². The van der Waals surface area contributed by atoms with Crippen LogP contribution in [-0.2, 0) is 11.8 Å². The monoisotopic (exact) mass is 421 g/mol. The van der Waals surface area contributed by atoms with E-state index in [-0.39, 0.29) is 5.41 Å². The fourth-order valence-electron chi connectivity index (χ4n) is 2.01. The lowest BCUT2D eigenvalue weighted by Crippen LogP contribution is -2.32. The normalized spacial score (nSPS) is 11.8. The largest absolute Gasteiger partial charge is 0.250 e. The van der Waals surface area contributed by atoms with Crippen molar-refractivity contribution in [1.82, 2.24) is 4.98 Å². The average molecular weight is 424 g/mol. The first-order valence-corrected chi connectivity index (χ1v) is 9.33. The molecule has 0 atom stereocenters. The van der Waals surface area contributed by atoms with Crippen molar-refractivity contribution < 1.29 is 0 Å². The van der Waals surface area contributed by atoms with E-state index in [1.54, 1.807) is 11.3 Å². The lowest BCUT2D eigenvalue weighted by Gasteiger charge is -2.30. The van der Waals surface area contributed by atoms with Crippen LogP contribution in [0.4, 0.5) is 0 Å². The highest BCUT2D eigenvalue weighted by Gasteiger charge is 2.31. The number of aryl methyl sites for hydroxylation is 1. The molecule has 0 fully saturated rings. The molecule has 0 aliphatic rings. The number of hydrogen-bond acceptors (Lipinski definition) is 2. The predicted molar refractivity (Wildman–Crippen MR) is 91.3 cm³/mol. The number of aromatic nitrogens is 1. The Labute approximate surface area is 139 Å². The van der Waals surface area contributed by atoms with Gasteiger partial charge < -0.3 is 0 Å². The number of halogens is 3. The summed E-state index contributed by atoms with van der Waals surface area (Å²) >= 11 is 15.1. The van der Waals surface area contributed by atoms with Gasteiger partial charge in [0.2, 0.25) is 0 Å². The van der Waals surface area contributed by atoms with Crippen LogP contribution < -0.4 is 0 Å². The molecule has 0 radical (unpaired) electrons. The highest BCUT2D eigenvalue weighted by Crippen LogP contribution is 2.34. The van der Waals surface area contributed by atoms with Gasteiger partial charge in [0.25, 0.3) is 0 Å². The van der Waals surface area contributed by atoms with E-state index in [4.69, 9.17) is 11.6 Å². The zero-order valence-corrected chi connectivity index (χ0v) is 15.2. The Bertz CT molecular complexity index is 535. The third-order valence-corrected chi connectivity index (χ3v) is 6.46. The molecule has 102 valence electrons. The molecule has 1 heterocycles. The van der Waals surface area contributed by atoms with Crippen molar-refractivity contribution in [2.24, 2.45) is 0 Å². The average Bonchev–Trinajstić information content (AvgIpc) is 2.82. The Balaban J connectivity index is 2.33. The Hall–Kier alpha value is 0.1000. The minimum absolute atomic E-state index is 0.0313. The van der Waals surface area contributed by atoms with Gasteiger partial charge >= 0.3 is 0 Å². The molecule has 1 aromatic carbocycles. The Morgan fingerprint density at radius 3 is 2.32 bits per heavy atom. The van der Waals surface area contributed by atoms with Gasteiger partial charge in [0.15, 0.2) is 0 Å². The molecule has 0 saturated carbocycles. The van der Waals surface area contributed by atoms with Crippen LogP contribution in [0.3, 0.4) is 0 Å². The smallest absolute Gasteiger partial charge is 0.0896 e. The number of rotatable bonds is 5. The van der Waals surface area contributed by atoms with E-state index in [9.17, 15) is 0 Å². The molecule has 0 aliphatic carbocycles. The minimum atomic E-state index is 0.0313. The summed E-state index contributed by atoms with van der Waals surface area (Å²) in [6.45, 7) is 2.04. The molecule has 0 spiro atoms. The van der Waals surface area contributed by atoms with Gasteiger partial charge in [0.1, 0.15) is 0 Å². The highest BCUT2D eigenvalue weighted by molar-refractivity contribution is 9.09. The Morgan fingerprint density at radius 2 is 1.84 bits per heavy atom. The second-order valence-corrected chi connectivity index (χ2v) is 7.45. The van der Waals surface area contributed by atoms with Crippen molar-refractivity contribution >= 4 is 54.8 Å². The molecule has 19 heavy (non-hydrogen) atoms. The Kier molecular flexibility index (Phi) is 5.46. The standard InChI is InChI=1S/C14H14Br2ClNS/c1-10-18-7-13(19-10)6-14(8-15,9-16)11-2-4-12(17)5-3-11/h2-5,7H,6,8-9H2,1H3. The summed E-state index contributed by atoms with van der Waals surface area (Å²) in [5, 5.41) is 3.67. The predicted octanol–water partition coefficient (Wildman–Crippen LogP) is 5.38. The summed E-state index contributed by atoms with van der Waals surface area (Å²) in [5.41, 5.74) is 1.32. The van der Waals surface area contributed by atoms with Crippen LogP contribution in [0.25, 0.3) is 0 Å². The summed E-state index contributed by atoms with van der Waals surface area (Å²) in [5.74, 6) is 0. The summed E-state index contributed by atoms with van der Waals surface area (Å²) < 4.78 is 0. The molecule has 2 rings (SSSR count). The van der Waals surface area contributed by atoms with E-state index in [1.807, 2.05) is 25.3 Å². The first-order chi connectivity index (χ1) is 9.09. The number of thiazole rings is 1. The van der Waals surface area contributed by atoms with E-state index in [2.05, 4.69) is 49.0 Å². The van der Waals surface area contributed by atoms with E-state index in [0.29, 0.717) is 0 Å². The summed E-state index contributed by atoms with van der Waals surface area (Å²) in [6.07, 6.45) is 2.95. The van der Waals surface area contributed by atoms with Crippen LogP contribution in [0.2, 0.25) is 5.02 Å². The molecule has 0 aliphatic heterocycles. The molecular weight excluding hydrogens is 409 g/mol. The molecule has 0 amide bonds. The van der Waals surface area contributed by atoms with Gasteiger partial charge in [-0.05, 0) is 31.0 Å². The van der Waals surface area contributed by atoms with Crippen molar-refractivity contribution in [2.75, 3.05) is 10.7 Å². The van der Waals surface area contributed by atoms with Crippen LogP contribution in [-0.4, -0.2) is 15.6 Å². The lowest BCUT2D eigenvalue weighted by atomic mass is 9.81. The molecule has 5 heteroatoms. The minimum Gasteiger partial charge on any atom is -0.250 e. The molecule has 0 bridgehead atoms. The zero-order chi connectivity index (χ0) is 13.9. The fourth-order valence-corrected chi connectivity index (χ4v) is 5.05. The number of benzene rings is 1. The van der Waals surface area contributed by atoms with Crippen molar-refractivity contribution in [1.29, 1.82) is 0 Å². The molecule has 0 unspecified atom stereocenters. The molecular formula is C14H14Br2ClNS. The number of nitrogens with zero attached hydrogens (tertiary/aromatic N) is 1. The first-order valence-electron chi connectivity index (χ1n) is 5.89. The van der Waals surface area contributed by atoms with Crippen LogP contribution in [0, 0.1) is 6.92 Å². The number of hydrogen-bond donors (Lipinski definition) is 0. The second-order valence-electron chi connectivity index (χ2n) is 4.58. The van der Waals surface area contributed by atoms with E-state index >= 15 is 0 Å². The van der Waals surface area contributed by atoms with Crippen LogP contribution in [0.1, 0.15) is 15.4 Å². The molecule has 1 aromatic heterocycles. The maximum atomic E-state index is 5.98. The van der Waals surface area contributed by atoms with Crippen molar-refractivity contribution in [3.05, 3.63) is 50.9 Å². The molecule has 0 N–H and O–H groups in total. The molecule has 2 aromatic rings. The fraction of sp³-hybridized carbons (Fsp3) is 0.357. The summed E-state index contributed by atoms with van der Waals surface area (Å²) in [7, 11) is 0. The van der Waals surface area contributed by atoms with Gasteiger partial charge in [0, 0.05) is 32.2 Å². The van der Waals surface area contributed by atoms with Gasteiger partial charge in [-0.25, -0.2) is 4.98 Å². The van der Waals surface area contributed by atoms with Crippen molar-refractivity contribution in [2.45, 2.75) is 18.8 Å². The zero-order valence-electron chi connectivity index (χ0n) is 10.5. The summed E-state index contributed by atoms with van der Waals surface area (Å²) in [4.78, 5) is 5.66. The van der Waals surface area contributed by atoms with Gasteiger partial charge in [-0.2, -0.15) is 0 Å². The summed E-state index contributed by atoms with van der Waals surface area (Å²) in [6, 6.07) is 8.13. The third kappa shape index (κ3) is 3.60. The van der Waals surface area contributed by atoms with E-state index in [1.165, 1.54) is 10.4 Å². The molecule has 0 saturated heterocycles. The van der Waals surface area contributed by atoms with Crippen LogP contribution in [0.15, 0.2) is 30.5 Å². The van der Waals surface area contributed by atoms with Gasteiger partial charge in [0.05, 0.1) is 5.01 Å². The number of alkyl halides is 2. The van der Waals surface area contributed by atoms with Gasteiger partial charge in [-0.1, -0.05) is 55.6 Å². The van der Waals surface area contributed by atoms with Crippen LogP contribution in [0.5, 0.6) is 0 Å². The topological polar surface area (TPSA) is 12.9 Å². The van der Waals surface area contributed by atoms with Crippen molar-refractivity contribution in [3.63, 3.8) is 0 Å². The SMILES string of the molecule is Cc1ncc(CC(CBr)(CBr)c2ccc(Cl)cc2)s1. The van der Waals surface area contributed by atoms with E-state index in [0.717, 1.165) is 27.1 Å². The van der Waals surface area contributed by atoms with Gasteiger partial charge in [-0.3, -0.25) is 0 Å². The quantitative estimate of drug-likeness (QED) is 0.589. The Morgan fingerprint density at radius 1 is 1.21 bits per heavy atom. The highest BCUT2D eigenvalue weighted by atomic mass is 79.9.